The summed E-state index contributed by atoms with van der Waals surface area (Å²) in [6.45, 7) is 3.18. The third-order valence-electron chi connectivity index (χ3n) is 1.33. The lowest BCUT2D eigenvalue weighted by Gasteiger charge is -1.91. The fourth-order valence-corrected chi connectivity index (χ4v) is 0.693. The SMILES string of the molecule is C.C=C(C(=O)O)c1ccc([N+](=O)[O-])o1. The monoisotopic (exact) mass is 199 g/mol. The second-order valence-electron chi connectivity index (χ2n) is 2.18. The van der Waals surface area contributed by atoms with Crippen molar-refractivity contribution >= 4 is 17.4 Å². The van der Waals surface area contributed by atoms with Crippen LogP contribution < -0.4 is 0 Å². The topological polar surface area (TPSA) is 93.6 Å². The summed E-state index contributed by atoms with van der Waals surface area (Å²) in [6, 6.07) is 2.26. The Kier molecular flexibility index (Phi) is 3.58. The highest BCUT2D eigenvalue weighted by molar-refractivity contribution is 6.13. The van der Waals surface area contributed by atoms with E-state index in [2.05, 4.69) is 11.0 Å². The van der Waals surface area contributed by atoms with Crippen LogP contribution in [0.2, 0.25) is 0 Å². The molecule has 1 N–H and O–H groups in total. The number of hydrogen-bond donors (Lipinski definition) is 1. The number of hydrogen-bond acceptors (Lipinski definition) is 4. The maximum absolute atomic E-state index is 10.3. The summed E-state index contributed by atoms with van der Waals surface area (Å²) in [5.74, 6) is -1.89. The Hall–Kier alpha value is -2.11. The molecule has 0 aliphatic heterocycles. The van der Waals surface area contributed by atoms with Crippen LogP contribution in [-0.2, 0) is 4.79 Å². The van der Waals surface area contributed by atoms with E-state index >= 15 is 0 Å². The van der Waals surface area contributed by atoms with Crippen molar-refractivity contribution in [2.75, 3.05) is 0 Å². The van der Waals surface area contributed by atoms with Gasteiger partial charge in [-0.2, -0.15) is 0 Å². The van der Waals surface area contributed by atoms with Crippen molar-refractivity contribution < 1.29 is 19.2 Å². The average molecular weight is 199 g/mol. The van der Waals surface area contributed by atoms with E-state index < -0.39 is 16.8 Å². The first-order chi connectivity index (χ1) is 6.02. The number of carbonyl (C=O) groups is 1. The molecule has 0 fully saturated rings. The zero-order valence-corrected chi connectivity index (χ0v) is 6.39. The quantitative estimate of drug-likeness (QED) is 0.456. The van der Waals surface area contributed by atoms with E-state index in [1.807, 2.05) is 0 Å². The first-order valence-corrected chi connectivity index (χ1v) is 3.19. The molecule has 14 heavy (non-hydrogen) atoms. The predicted octanol–water partition coefficient (Wildman–Crippen LogP) is 1.92. The highest BCUT2D eigenvalue weighted by Crippen LogP contribution is 2.21. The zero-order chi connectivity index (χ0) is 10.0. The van der Waals surface area contributed by atoms with Gasteiger partial charge < -0.3 is 9.52 Å². The molecule has 1 heterocycles. The van der Waals surface area contributed by atoms with Crippen molar-refractivity contribution in [3.05, 3.63) is 34.6 Å². The van der Waals surface area contributed by atoms with Gasteiger partial charge in [0.05, 0.1) is 11.6 Å². The second-order valence-corrected chi connectivity index (χ2v) is 2.18. The number of aliphatic carboxylic acids is 1. The van der Waals surface area contributed by atoms with Crippen molar-refractivity contribution in [1.29, 1.82) is 0 Å². The van der Waals surface area contributed by atoms with E-state index in [4.69, 9.17) is 5.11 Å². The van der Waals surface area contributed by atoms with Gasteiger partial charge in [-0.3, -0.25) is 10.1 Å². The maximum Gasteiger partial charge on any atom is 0.433 e. The summed E-state index contributed by atoms with van der Waals surface area (Å²) in [4.78, 5) is 19.7. The number of furan rings is 1. The van der Waals surface area contributed by atoms with Crippen LogP contribution in [0.25, 0.3) is 5.57 Å². The molecule has 0 spiro atoms. The van der Waals surface area contributed by atoms with Crippen LogP contribution in [0.5, 0.6) is 0 Å². The molecule has 0 saturated heterocycles. The fraction of sp³-hybridized carbons (Fsp3) is 0.125. The zero-order valence-electron chi connectivity index (χ0n) is 6.39. The second kappa shape index (κ2) is 4.22. The van der Waals surface area contributed by atoms with Gasteiger partial charge in [0.25, 0.3) is 0 Å². The molecule has 6 heteroatoms. The molecule has 0 amide bonds. The van der Waals surface area contributed by atoms with Gasteiger partial charge in [0, 0.05) is 0 Å². The Labute approximate surface area is 79.6 Å². The Morgan fingerprint density at radius 1 is 1.57 bits per heavy atom. The number of nitrogens with zero attached hydrogens (tertiary/aromatic N) is 1. The minimum atomic E-state index is -1.27. The van der Waals surface area contributed by atoms with Gasteiger partial charge in [0.1, 0.15) is 10.7 Å². The summed E-state index contributed by atoms with van der Waals surface area (Å²) in [5.41, 5.74) is -0.312. The van der Waals surface area contributed by atoms with Gasteiger partial charge >= 0.3 is 11.9 Å². The molecule has 0 saturated carbocycles. The predicted molar refractivity (Wildman–Crippen MR) is 48.8 cm³/mol. The van der Waals surface area contributed by atoms with Crippen LogP contribution in [-0.4, -0.2) is 16.0 Å². The smallest absolute Gasteiger partial charge is 0.433 e. The largest absolute Gasteiger partial charge is 0.478 e. The van der Waals surface area contributed by atoms with E-state index in [1.54, 1.807) is 0 Å². The summed E-state index contributed by atoms with van der Waals surface area (Å²) < 4.78 is 4.59. The van der Waals surface area contributed by atoms with Crippen LogP contribution in [0.1, 0.15) is 13.2 Å². The van der Waals surface area contributed by atoms with E-state index in [0.717, 1.165) is 6.07 Å². The Morgan fingerprint density at radius 3 is 2.50 bits per heavy atom. The van der Waals surface area contributed by atoms with E-state index in [0.29, 0.717) is 0 Å². The fourth-order valence-electron chi connectivity index (χ4n) is 0.693. The van der Waals surface area contributed by atoms with Gasteiger partial charge in [-0.15, -0.1) is 0 Å². The van der Waals surface area contributed by atoms with Crippen molar-refractivity contribution in [2.45, 2.75) is 7.43 Å². The van der Waals surface area contributed by atoms with Crippen LogP contribution in [0, 0.1) is 10.1 Å². The minimum absolute atomic E-state index is 0. The van der Waals surface area contributed by atoms with Crippen LogP contribution in [0.15, 0.2) is 23.1 Å². The van der Waals surface area contributed by atoms with E-state index in [-0.39, 0.29) is 18.8 Å². The molecular weight excluding hydrogens is 190 g/mol. The molecule has 0 atom stereocenters. The molecule has 0 unspecified atom stereocenters. The molecular formula is C8H9NO5. The van der Waals surface area contributed by atoms with E-state index in [1.165, 1.54) is 6.07 Å². The van der Waals surface area contributed by atoms with Crippen molar-refractivity contribution in [1.82, 2.24) is 0 Å². The summed E-state index contributed by atoms with van der Waals surface area (Å²) in [7, 11) is 0. The molecule has 1 aromatic rings. The molecule has 0 radical (unpaired) electrons. The lowest BCUT2D eigenvalue weighted by molar-refractivity contribution is -0.402. The minimum Gasteiger partial charge on any atom is -0.478 e. The van der Waals surface area contributed by atoms with Crippen molar-refractivity contribution in [3.63, 3.8) is 0 Å². The third kappa shape index (κ3) is 2.19. The lowest BCUT2D eigenvalue weighted by atomic mass is 10.2. The first-order valence-electron chi connectivity index (χ1n) is 3.19. The number of nitro groups is 1. The maximum atomic E-state index is 10.3. The number of carboxylic acids is 1. The van der Waals surface area contributed by atoms with E-state index in [9.17, 15) is 14.9 Å². The Balaban J connectivity index is 0.00000169. The van der Waals surface area contributed by atoms with Gasteiger partial charge in [-0.25, -0.2) is 4.79 Å². The van der Waals surface area contributed by atoms with Crippen molar-refractivity contribution in [2.24, 2.45) is 0 Å². The van der Waals surface area contributed by atoms with Crippen LogP contribution in [0.3, 0.4) is 0 Å². The summed E-state index contributed by atoms with van der Waals surface area (Å²) in [6.07, 6.45) is 0. The summed E-state index contributed by atoms with van der Waals surface area (Å²) in [5, 5.41) is 18.6. The highest BCUT2D eigenvalue weighted by atomic mass is 16.6. The highest BCUT2D eigenvalue weighted by Gasteiger charge is 2.16. The molecule has 0 bridgehead atoms. The molecule has 76 valence electrons. The van der Waals surface area contributed by atoms with Crippen LogP contribution in [0.4, 0.5) is 5.88 Å². The standard InChI is InChI=1S/C7H5NO5.CH4/c1-4(7(9)10)5-2-3-6(13-5)8(11)12;/h2-3H,1H2,(H,9,10);1H4. The normalized spacial score (nSPS) is 8.86. The van der Waals surface area contributed by atoms with Gasteiger partial charge in [-0.05, 0) is 6.07 Å². The van der Waals surface area contributed by atoms with Gasteiger partial charge in [-0.1, -0.05) is 14.0 Å². The Morgan fingerprint density at radius 2 is 2.14 bits per heavy atom. The molecule has 1 rings (SSSR count). The Bertz CT molecular complexity index is 379. The molecule has 0 aliphatic rings. The molecule has 0 aliphatic carbocycles. The third-order valence-corrected chi connectivity index (χ3v) is 1.33. The molecule has 6 nitrogen and oxygen atoms in total. The molecule has 1 aromatic heterocycles. The average Bonchev–Trinajstić information content (AvgIpc) is 2.50. The lowest BCUT2D eigenvalue weighted by Crippen LogP contribution is -1.96. The molecule has 0 aromatic carbocycles. The number of rotatable bonds is 3. The summed E-state index contributed by atoms with van der Waals surface area (Å²) >= 11 is 0. The number of carboxylic acid groups (broad SMARTS) is 1. The van der Waals surface area contributed by atoms with Gasteiger partial charge in [0.2, 0.25) is 0 Å². The van der Waals surface area contributed by atoms with Crippen molar-refractivity contribution in [3.8, 4) is 0 Å². The van der Waals surface area contributed by atoms with Gasteiger partial charge in [0.15, 0.2) is 0 Å². The van der Waals surface area contributed by atoms with Crippen LogP contribution >= 0.6 is 0 Å². The first kappa shape index (κ1) is 11.9.